The molecule has 1 heterocycles. The van der Waals surface area contributed by atoms with Crippen LogP contribution < -0.4 is 0 Å². The summed E-state index contributed by atoms with van der Waals surface area (Å²) in [6.45, 7) is 7.45. The van der Waals surface area contributed by atoms with Gasteiger partial charge in [-0.05, 0) is 52.4 Å². The van der Waals surface area contributed by atoms with Gasteiger partial charge in [-0.2, -0.15) is 0 Å². The molecule has 0 unspecified atom stereocenters. The molecule has 0 spiro atoms. The Hall–Kier alpha value is -1.30. The molecule has 0 atom stereocenters. The van der Waals surface area contributed by atoms with Crippen LogP contribution >= 0.6 is 0 Å². The normalized spacial score (nSPS) is 31.3. The van der Waals surface area contributed by atoms with Gasteiger partial charge in [0.1, 0.15) is 11.0 Å². The summed E-state index contributed by atoms with van der Waals surface area (Å²) in [6, 6.07) is 0. The molecule has 6 heteroatoms. The van der Waals surface area contributed by atoms with Crippen LogP contribution in [0, 0.1) is 11.3 Å². The highest BCUT2D eigenvalue weighted by Gasteiger charge is 2.64. The second-order valence-corrected chi connectivity index (χ2v) is 7.94. The van der Waals surface area contributed by atoms with E-state index in [-0.39, 0.29) is 13.1 Å². The molecule has 1 saturated heterocycles. The summed E-state index contributed by atoms with van der Waals surface area (Å²) in [6.07, 6.45) is 2.07. The van der Waals surface area contributed by atoms with Crippen molar-refractivity contribution in [2.75, 3.05) is 13.1 Å². The van der Waals surface area contributed by atoms with Crippen LogP contribution in [0.1, 0.15) is 53.4 Å². The van der Waals surface area contributed by atoms with Crippen LogP contribution in [-0.2, 0) is 9.53 Å². The largest absolute Gasteiger partial charge is 0.481 e. The first-order valence-electron chi connectivity index (χ1n) is 7.93. The molecule has 2 rings (SSSR count). The van der Waals surface area contributed by atoms with E-state index in [1.165, 1.54) is 4.90 Å². The summed E-state index contributed by atoms with van der Waals surface area (Å²) in [7, 11) is 0. The number of carbonyl (C=O) groups is 2. The minimum absolute atomic E-state index is 0.0160. The maximum Gasteiger partial charge on any atom is 0.410 e. The van der Waals surface area contributed by atoms with Crippen LogP contribution in [0.5, 0.6) is 0 Å². The third kappa shape index (κ3) is 2.93. The fourth-order valence-corrected chi connectivity index (χ4v) is 3.41. The zero-order chi connectivity index (χ0) is 16.8. The summed E-state index contributed by atoms with van der Waals surface area (Å²) in [5.74, 6) is -0.516. The zero-order valence-electron chi connectivity index (χ0n) is 13.9. The van der Waals surface area contributed by atoms with E-state index in [1.54, 1.807) is 20.8 Å². The standard InChI is InChI=1S/C16H27NO5/c1-11-5-7-16(21,8-6-11)15(12(18)19)9-17(10-15)13(20)22-14(2,3)4/h11,21H,5-10H2,1-4H3,(H,18,19). The Balaban J connectivity index is 2.08. The van der Waals surface area contributed by atoms with Crippen LogP contribution in [0.2, 0.25) is 0 Å². The lowest BCUT2D eigenvalue weighted by atomic mass is 9.59. The highest BCUT2D eigenvalue weighted by atomic mass is 16.6. The number of likely N-dealkylation sites (tertiary alicyclic amines) is 1. The van der Waals surface area contributed by atoms with E-state index in [9.17, 15) is 19.8 Å². The van der Waals surface area contributed by atoms with Crippen LogP contribution in [0.4, 0.5) is 4.79 Å². The van der Waals surface area contributed by atoms with Crippen molar-refractivity contribution in [1.29, 1.82) is 0 Å². The van der Waals surface area contributed by atoms with Crippen molar-refractivity contribution >= 4 is 12.1 Å². The third-order valence-corrected chi connectivity index (χ3v) is 4.97. The second kappa shape index (κ2) is 5.41. The number of amides is 1. The van der Waals surface area contributed by atoms with Crippen LogP contribution in [0.3, 0.4) is 0 Å². The van der Waals surface area contributed by atoms with E-state index < -0.39 is 28.7 Å². The van der Waals surface area contributed by atoms with Gasteiger partial charge in [-0.3, -0.25) is 4.79 Å². The van der Waals surface area contributed by atoms with Crippen molar-refractivity contribution in [2.24, 2.45) is 11.3 Å². The topological polar surface area (TPSA) is 87.1 Å². The van der Waals surface area contributed by atoms with Gasteiger partial charge in [0.25, 0.3) is 0 Å². The molecule has 0 bridgehead atoms. The van der Waals surface area contributed by atoms with E-state index in [0.717, 1.165) is 12.8 Å². The van der Waals surface area contributed by atoms with Crippen molar-refractivity contribution in [1.82, 2.24) is 4.90 Å². The molecule has 126 valence electrons. The van der Waals surface area contributed by atoms with E-state index in [1.807, 2.05) is 0 Å². The van der Waals surface area contributed by atoms with Crippen molar-refractivity contribution in [2.45, 2.75) is 64.6 Å². The number of rotatable bonds is 2. The van der Waals surface area contributed by atoms with Gasteiger partial charge in [0.2, 0.25) is 0 Å². The predicted molar refractivity (Wildman–Crippen MR) is 80.5 cm³/mol. The Labute approximate surface area is 131 Å². The van der Waals surface area contributed by atoms with E-state index in [0.29, 0.717) is 18.8 Å². The molecule has 2 fully saturated rings. The summed E-state index contributed by atoms with van der Waals surface area (Å²) in [4.78, 5) is 25.2. The maximum atomic E-state index is 12.0. The van der Waals surface area contributed by atoms with Gasteiger partial charge in [-0.15, -0.1) is 0 Å². The Morgan fingerprint density at radius 3 is 2.09 bits per heavy atom. The lowest BCUT2D eigenvalue weighted by Crippen LogP contribution is -2.72. The van der Waals surface area contributed by atoms with Gasteiger partial charge in [0, 0.05) is 13.1 Å². The first-order chi connectivity index (χ1) is 9.99. The van der Waals surface area contributed by atoms with E-state index in [4.69, 9.17) is 4.74 Å². The van der Waals surface area contributed by atoms with Crippen molar-refractivity contribution in [3.05, 3.63) is 0 Å². The van der Waals surface area contributed by atoms with Gasteiger partial charge in [-0.25, -0.2) is 4.79 Å². The highest BCUT2D eigenvalue weighted by Crippen LogP contribution is 2.49. The van der Waals surface area contributed by atoms with Crippen molar-refractivity contribution in [3.63, 3.8) is 0 Å². The Kier molecular flexibility index (Phi) is 4.19. The number of nitrogens with zero attached hydrogens (tertiary/aromatic N) is 1. The molecular weight excluding hydrogens is 286 g/mol. The molecule has 2 N–H and O–H groups in total. The highest BCUT2D eigenvalue weighted by molar-refractivity contribution is 5.82. The fraction of sp³-hybridized carbons (Fsp3) is 0.875. The number of hydrogen-bond donors (Lipinski definition) is 2. The minimum Gasteiger partial charge on any atom is -0.481 e. The molecule has 1 saturated carbocycles. The molecule has 1 aliphatic carbocycles. The number of carboxylic acid groups (broad SMARTS) is 1. The van der Waals surface area contributed by atoms with Gasteiger partial charge in [-0.1, -0.05) is 6.92 Å². The summed E-state index contributed by atoms with van der Waals surface area (Å²) < 4.78 is 5.26. The van der Waals surface area contributed by atoms with Crippen molar-refractivity contribution in [3.8, 4) is 0 Å². The number of aliphatic carboxylic acids is 1. The molecule has 0 aromatic rings. The smallest absolute Gasteiger partial charge is 0.410 e. The van der Waals surface area contributed by atoms with Gasteiger partial charge in [0.05, 0.1) is 5.60 Å². The fourth-order valence-electron chi connectivity index (χ4n) is 3.41. The maximum absolute atomic E-state index is 12.0. The van der Waals surface area contributed by atoms with Crippen molar-refractivity contribution < 1.29 is 24.5 Å². The predicted octanol–water partition coefficient (Wildman–Crippen LogP) is 2.25. The molecule has 2 aliphatic rings. The Morgan fingerprint density at radius 2 is 1.68 bits per heavy atom. The molecule has 0 aromatic carbocycles. The lowest BCUT2D eigenvalue weighted by Gasteiger charge is -2.56. The zero-order valence-corrected chi connectivity index (χ0v) is 13.9. The average molecular weight is 313 g/mol. The molecular formula is C16H27NO5. The van der Waals surface area contributed by atoms with Crippen LogP contribution in [-0.4, -0.2) is 51.5 Å². The molecule has 22 heavy (non-hydrogen) atoms. The van der Waals surface area contributed by atoms with Gasteiger partial charge < -0.3 is 19.8 Å². The Morgan fingerprint density at radius 1 is 1.18 bits per heavy atom. The molecule has 0 aromatic heterocycles. The second-order valence-electron chi connectivity index (χ2n) is 7.94. The number of ether oxygens (including phenoxy) is 1. The molecule has 1 aliphatic heterocycles. The third-order valence-electron chi connectivity index (χ3n) is 4.97. The monoisotopic (exact) mass is 313 g/mol. The number of carbonyl (C=O) groups excluding carboxylic acids is 1. The molecule has 1 amide bonds. The SMILES string of the molecule is CC1CCC(O)(C2(C(=O)O)CN(C(=O)OC(C)(C)C)C2)CC1. The molecule has 0 radical (unpaired) electrons. The number of carboxylic acids is 1. The van der Waals surface area contributed by atoms with Gasteiger partial charge >= 0.3 is 12.1 Å². The van der Waals surface area contributed by atoms with Gasteiger partial charge in [0.15, 0.2) is 0 Å². The number of aliphatic hydroxyl groups is 1. The lowest BCUT2D eigenvalue weighted by molar-refractivity contribution is -0.203. The Bertz CT molecular complexity index is 454. The first kappa shape index (κ1) is 17.1. The summed E-state index contributed by atoms with van der Waals surface area (Å²) >= 11 is 0. The first-order valence-corrected chi connectivity index (χ1v) is 7.93. The van der Waals surface area contributed by atoms with Crippen LogP contribution in [0.15, 0.2) is 0 Å². The summed E-state index contributed by atoms with van der Waals surface area (Å²) in [5, 5.41) is 20.6. The minimum atomic E-state index is -1.26. The average Bonchev–Trinajstić information content (AvgIpc) is 2.29. The quantitative estimate of drug-likeness (QED) is 0.816. The summed E-state index contributed by atoms with van der Waals surface area (Å²) in [5.41, 5.74) is -3.11. The van der Waals surface area contributed by atoms with E-state index in [2.05, 4.69) is 6.92 Å². The van der Waals surface area contributed by atoms with E-state index >= 15 is 0 Å². The number of hydrogen-bond acceptors (Lipinski definition) is 4. The van der Waals surface area contributed by atoms with Crippen LogP contribution in [0.25, 0.3) is 0 Å². The molecule has 6 nitrogen and oxygen atoms in total.